The molecule has 8 nitrogen and oxygen atoms in total. The third-order valence-corrected chi connectivity index (χ3v) is 5.54. The summed E-state index contributed by atoms with van der Waals surface area (Å²) >= 11 is 6.84. The van der Waals surface area contributed by atoms with Gasteiger partial charge >= 0.3 is 10.9 Å². The molecule has 1 aromatic heterocycles. The number of hydrogen-bond acceptors (Lipinski definition) is 7. The number of anilines is 1. The highest BCUT2D eigenvalue weighted by Crippen LogP contribution is 2.32. The van der Waals surface area contributed by atoms with E-state index in [9.17, 15) is 19.5 Å². The molecule has 0 atom stereocenters. The number of fused-ring (bicyclic) bond motifs is 1. The number of carboxylic acid groups (broad SMARTS) is 1. The van der Waals surface area contributed by atoms with Gasteiger partial charge in [0.2, 0.25) is 0 Å². The van der Waals surface area contributed by atoms with Gasteiger partial charge in [-0.25, -0.2) is 9.59 Å². The van der Waals surface area contributed by atoms with Crippen molar-refractivity contribution in [2.75, 3.05) is 12.1 Å². The Bertz CT molecular complexity index is 1340. The Morgan fingerprint density at radius 3 is 2.77 bits per heavy atom. The van der Waals surface area contributed by atoms with Gasteiger partial charge < -0.3 is 14.3 Å². The smallest absolute Gasteiger partial charge is 0.396 e. The van der Waals surface area contributed by atoms with E-state index in [4.69, 9.17) is 20.8 Å². The zero-order valence-electron chi connectivity index (χ0n) is 15.6. The van der Waals surface area contributed by atoms with Crippen molar-refractivity contribution in [2.45, 2.75) is 6.92 Å². The molecule has 1 aliphatic heterocycles. The number of methoxy groups -OCH3 is 1. The summed E-state index contributed by atoms with van der Waals surface area (Å²) in [6.45, 7) is 1.67. The minimum absolute atomic E-state index is 0.0638. The summed E-state index contributed by atoms with van der Waals surface area (Å²) in [6, 6.07) is 7.58. The lowest BCUT2D eigenvalue weighted by atomic mass is 10.1. The quantitative estimate of drug-likeness (QED) is 0.608. The van der Waals surface area contributed by atoms with Crippen LogP contribution in [0.2, 0.25) is 5.02 Å². The van der Waals surface area contributed by atoms with Crippen LogP contribution < -0.4 is 14.7 Å². The van der Waals surface area contributed by atoms with Gasteiger partial charge in [0.1, 0.15) is 0 Å². The maximum atomic E-state index is 13.0. The molecule has 4 rings (SSSR count). The lowest BCUT2D eigenvalue weighted by molar-refractivity contribution is -0.114. The standard InChI is InChI=1S/C20H13ClN2O6S/c1-9-12(5-10-6-15(28-2)17-16(7-10)30-20(27)29-17)18(24)23(22-9)11-3-4-14(21)13(8-11)19(25)26/h3-8H,1-2H3,(H,25,26). The largest absolute Gasteiger partial charge is 0.493 e. The van der Waals surface area contributed by atoms with E-state index in [-0.39, 0.29) is 16.3 Å². The number of aromatic carboxylic acids is 1. The zero-order valence-corrected chi connectivity index (χ0v) is 17.2. The van der Waals surface area contributed by atoms with E-state index in [1.807, 2.05) is 0 Å². The number of rotatable bonds is 4. The van der Waals surface area contributed by atoms with Crippen molar-refractivity contribution < 1.29 is 23.8 Å². The fourth-order valence-electron chi connectivity index (χ4n) is 3.04. The molecule has 152 valence electrons. The molecule has 0 spiro atoms. The molecule has 0 saturated heterocycles. The Labute approximate surface area is 178 Å². The van der Waals surface area contributed by atoms with Gasteiger partial charge in [0.15, 0.2) is 11.3 Å². The molecule has 2 heterocycles. The monoisotopic (exact) mass is 444 g/mol. The second-order valence-electron chi connectivity index (χ2n) is 6.33. The Kier molecular flexibility index (Phi) is 4.92. The van der Waals surface area contributed by atoms with E-state index in [0.717, 1.165) is 16.3 Å². The van der Waals surface area contributed by atoms with Crippen molar-refractivity contribution in [3.63, 3.8) is 0 Å². The van der Waals surface area contributed by atoms with Gasteiger partial charge in [0.25, 0.3) is 5.91 Å². The van der Waals surface area contributed by atoms with Crippen LogP contribution >= 0.6 is 22.9 Å². The average Bonchev–Trinajstić information content (AvgIpc) is 3.21. The summed E-state index contributed by atoms with van der Waals surface area (Å²) in [5.74, 6) is -1.26. The van der Waals surface area contributed by atoms with Crippen LogP contribution in [-0.4, -0.2) is 29.8 Å². The van der Waals surface area contributed by atoms with Crippen molar-refractivity contribution in [2.24, 2.45) is 5.10 Å². The van der Waals surface area contributed by atoms with Crippen LogP contribution in [0.1, 0.15) is 22.8 Å². The summed E-state index contributed by atoms with van der Waals surface area (Å²) in [5, 5.41) is 14.7. The predicted molar refractivity (Wildman–Crippen MR) is 114 cm³/mol. The Morgan fingerprint density at radius 2 is 2.07 bits per heavy atom. The predicted octanol–water partition coefficient (Wildman–Crippen LogP) is 4.02. The minimum atomic E-state index is -1.20. The maximum Gasteiger partial charge on any atom is 0.396 e. The normalized spacial score (nSPS) is 15.2. The Balaban J connectivity index is 1.75. The number of hydrazone groups is 1. The van der Waals surface area contributed by atoms with E-state index in [2.05, 4.69) is 5.10 Å². The molecule has 1 aliphatic rings. The Hall–Kier alpha value is -3.43. The summed E-state index contributed by atoms with van der Waals surface area (Å²) in [4.78, 5) is 35.4. The van der Waals surface area contributed by atoms with E-state index in [1.54, 1.807) is 25.1 Å². The van der Waals surface area contributed by atoms with Gasteiger partial charge in [-0.1, -0.05) is 22.9 Å². The minimum Gasteiger partial charge on any atom is -0.493 e. The molecule has 2 aromatic carbocycles. The number of carbonyl (C=O) groups is 2. The first kappa shape index (κ1) is 19.9. The van der Waals surface area contributed by atoms with Crippen LogP contribution in [0.3, 0.4) is 0 Å². The average molecular weight is 445 g/mol. The topological polar surface area (TPSA) is 109 Å². The first-order valence-electron chi connectivity index (χ1n) is 8.54. The fraction of sp³-hybridized carbons (Fsp3) is 0.100. The molecule has 10 heteroatoms. The van der Waals surface area contributed by atoms with Gasteiger partial charge in [0.05, 0.1) is 39.4 Å². The number of carboxylic acids is 1. The lowest BCUT2D eigenvalue weighted by Crippen LogP contribution is -2.21. The summed E-state index contributed by atoms with van der Waals surface area (Å²) in [6.07, 6.45) is 1.63. The molecule has 0 aliphatic carbocycles. The van der Waals surface area contributed by atoms with Crippen LogP contribution in [0.15, 0.2) is 50.2 Å². The molecular formula is C20H13ClN2O6S. The van der Waals surface area contributed by atoms with Crippen LogP contribution in [-0.2, 0) is 4.79 Å². The number of amides is 1. The molecule has 0 unspecified atom stereocenters. The van der Waals surface area contributed by atoms with Crippen molar-refractivity contribution >= 4 is 62.6 Å². The van der Waals surface area contributed by atoms with Crippen molar-refractivity contribution in [3.8, 4) is 5.75 Å². The van der Waals surface area contributed by atoms with Gasteiger partial charge in [-0.05, 0) is 48.9 Å². The molecule has 0 saturated carbocycles. The highest BCUT2D eigenvalue weighted by Gasteiger charge is 2.29. The number of carbonyl (C=O) groups excluding carboxylic acids is 1. The molecular weight excluding hydrogens is 432 g/mol. The molecule has 0 bridgehead atoms. The number of benzene rings is 2. The molecule has 3 aromatic rings. The zero-order chi connectivity index (χ0) is 21.6. The van der Waals surface area contributed by atoms with Gasteiger partial charge in [0, 0.05) is 0 Å². The fourth-order valence-corrected chi connectivity index (χ4v) is 3.97. The number of ether oxygens (including phenoxy) is 1. The first-order valence-corrected chi connectivity index (χ1v) is 9.74. The van der Waals surface area contributed by atoms with E-state index in [0.29, 0.717) is 32.9 Å². The summed E-state index contributed by atoms with van der Waals surface area (Å²) < 4.78 is 11.0. The first-order chi connectivity index (χ1) is 14.3. The summed E-state index contributed by atoms with van der Waals surface area (Å²) in [5.41, 5.74) is 1.90. The molecule has 0 fully saturated rings. The SMILES string of the molecule is COc1cc(C=C2C(=O)N(c3ccc(Cl)c(C(=O)O)c3)N=C2C)cc2sc(=O)oc12. The molecule has 30 heavy (non-hydrogen) atoms. The van der Waals surface area contributed by atoms with E-state index >= 15 is 0 Å². The number of halogens is 1. The Morgan fingerprint density at radius 1 is 1.30 bits per heavy atom. The van der Waals surface area contributed by atoms with Gasteiger partial charge in [-0.2, -0.15) is 10.1 Å². The van der Waals surface area contributed by atoms with Crippen LogP contribution in [0.25, 0.3) is 16.4 Å². The van der Waals surface area contributed by atoms with Crippen molar-refractivity contribution in [1.82, 2.24) is 0 Å². The number of nitrogens with zero attached hydrogens (tertiary/aromatic N) is 2. The number of hydrogen-bond donors (Lipinski definition) is 1. The van der Waals surface area contributed by atoms with Crippen LogP contribution in [0.5, 0.6) is 5.75 Å². The lowest BCUT2D eigenvalue weighted by Gasteiger charge is -2.13. The van der Waals surface area contributed by atoms with Gasteiger partial charge in [-0.15, -0.1) is 0 Å². The van der Waals surface area contributed by atoms with E-state index < -0.39 is 16.8 Å². The van der Waals surface area contributed by atoms with Crippen LogP contribution in [0.4, 0.5) is 5.69 Å². The second kappa shape index (κ2) is 7.43. The van der Waals surface area contributed by atoms with Crippen molar-refractivity contribution in [1.29, 1.82) is 0 Å². The molecule has 1 N–H and O–H groups in total. The third kappa shape index (κ3) is 3.38. The van der Waals surface area contributed by atoms with E-state index in [1.165, 1.54) is 25.3 Å². The van der Waals surface area contributed by atoms with Gasteiger partial charge in [-0.3, -0.25) is 4.79 Å². The van der Waals surface area contributed by atoms with Crippen LogP contribution in [0, 0.1) is 0 Å². The second-order valence-corrected chi connectivity index (χ2v) is 7.72. The maximum absolute atomic E-state index is 13.0. The highest BCUT2D eigenvalue weighted by atomic mass is 35.5. The molecule has 1 amide bonds. The highest BCUT2D eigenvalue weighted by molar-refractivity contribution is 7.16. The summed E-state index contributed by atoms with van der Waals surface area (Å²) in [7, 11) is 1.46. The third-order valence-electron chi connectivity index (χ3n) is 4.44. The van der Waals surface area contributed by atoms with Crippen molar-refractivity contribution in [3.05, 3.63) is 61.8 Å². The molecule has 0 radical (unpaired) electrons.